The van der Waals surface area contributed by atoms with Gasteiger partial charge in [-0.05, 0) is 48.7 Å². The lowest BCUT2D eigenvalue weighted by Gasteiger charge is -2.41. The molecule has 3 heteroatoms. The standard InChI is InChI=1S/C18H26O2S/c1-3-18-10-16(12-20-18)15(13-21-2)9-17(18)19-11-14-7-5-4-6-8-14/h4-8,15-17H,3,9-13H2,1-2H3. The molecule has 1 heterocycles. The smallest absolute Gasteiger partial charge is 0.0944 e. The highest BCUT2D eigenvalue weighted by molar-refractivity contribution is 7.98. The first-order valence-corrected chi connectivity index (χ1v) is 9.45. The molecule has 2 nitrogen and oxygen atoms in total. The van der Waals surface area contributed by atoms with Crippen molar-refractivity contribution < 1.29 is 9.47 Å². The summed E-state index contributed by atoms with van der Waals surface area (Å²) < 4.78 is 12.6. The van der Waals surface area contributed by atoms with Crippen LogP contribution in [0.2, 0.25) is 0 Å². The van der Waals surface area contributed by atoms with Crippen LogP contribution in [0.4, 0.5) is 0 Å². The van der Waals surface area contributed by atoms with E-state index in [9.17, 15) is 0 Å². The molecule has 3 rings (SSSR count). The van der Waals surface area contributed by atoms with Gasteiger partial charge in [-0.2, -0.15) is 11.8 Å². The van der Waals surface area contributed by atoms with E-state index in [2.05, 4.69) is 43.5 Å². The van der Waals surface area contributed by atoms with E-state index in [1.54, 1.807) is 0 Å². The minimum absolute atomic E-state index is 0.0195. The summed E-state index contributed by atoms with van der Waals surface area (Å²) in [5, 5.41) is 0. The van der Waals surface area contributed by atoms with Crippen molar-refractivity contribution in [3.63, 3.8) is 0 Å². The molecule has 0 N–H and O–H groups in total. The quantitative estimate of drug-likeness (QED) is 0.787. The van der Waals surface area contributed by atoms with E-state index in [1.807, 2.05) is 11.8 Å². The third kappa shape index (κ3) is 3.15. The van der Waals surface area contributed by atoms with Crippen molar-refractivity contribution in [3.8, 4) is 0 Å². The van der Waals surface area contributed by atoms with Gasteiger partial charge in [0.05, 0.1) is 24.9 Å². The molecular formula is C18H26O2S. The van der Waals surface area contributed by atoms with Gasteiger partial charge in [-0.3, -0.25) is 0 Å². The highest BCUT2D eigenvalue weighted by Crippen LogP contribution is 2.48. The summed E-state index contributed by atoms with van der Waals surface area (Å²) in [7, 11) is 0. The lowest BCUT2D eigenvalue weighted by atomic mass is 9.72. The van der Waals surface area contributed by atoms with Crippen molar-refractivity contribution in [2.24, 2.45) is 11.8 Å². The highest BCUT2D eigenvalue weighted by atomic mass is 32.2. The zero-order chi connectivity index (χ0) is 14.7. The molecule has 4 unspecified atom stereocenters. The van der Waals surface area contributed by atoms with Gasteiger partial charge in [0.1, 0.15) is 0 Å². The van der Waals surface area contributed by atoms with E-state index in [4.69, 9.17) is 9.47 Å². The third-order valence-electron chi connectivity index (χ3n) is 5.24. The van der Waals surface area contributed by atoms with Crippen LogP contribution >= 0.6 is 11.8 Å². The minimum Gasteiger partial charge on any atom is -0.372 e. The number of hydrogen-bond donors (Lipinski definition) is 0. The summed E-state index contributed by atoms with van der Waals surface area (Å²) in [5.74, 6) is 2.73. The number of thioether (sulfide) groups is 1. The molecule has 0 aromatic heterocycles. The van der Waals surface area contributed by atoms with Gasteiger partial charge < -0.3 is 9.47 Å². The number of benzene rings is 1. The van der Waals surface area contributed by atoms with Crippen LogP contribution in [0, 0.1) is 11.8 Å². The summed E-state index contributed by atoms with van der Waals surface area (Å²) in [6.45, 7) is 3.88. The average Bonchev–Trinajstić information content (AvgIpc) is 2.91. The Hall–Kier alpha value is -0.510. The van der Waals surface area contributed by atoms with Crippen LogP contribution in [0.3, 0.4) is 0 Å². The van der Waals surface area contributed by atoms with Gasteiger partial charge >= 0.3 is 0 Å². The Morgan fingerprint density at radius 2 is 2.14 bits per heavy atom. The zero-order valence-corrected chi connectivity index (χ0v) is 13.9. The van der Waals surface area contributed by atoms with Crippen molar-refractivity contribution in [2.45, 2.75) is 44.5 Å². The summed E-state index contributed by atoms with van der Waals surface area (Å²) in [4.78, 5) is 0. The molecule has 1 aliphatic heterocycles. The SMILES string of the molecule is CCC12CC(CO1)C(CSC)CC2OCc1ccccc1. The van der Waals surface area contributed by atoms with Crippen molar-refractivity contribution in [3.05, 3.63) is 35.9 Å². The van der Waals surface area contributed by atoms with E-state index in [-0.39, 0.29) is 11.7 Å². The lowest BCUT2D eigenvalue weighted by Crippen LogP contribution is -2.47. The fourth-order valence-electron chi connectivity index (χ4n) is 3.93. The number of rotatable bonds is 6. The summed E-state index contributed by atoms with van der Waals surface area (Å²) >= 11 is 1.96. The Labute approximate surface area is 132 Å². The maximum atomic E-state index is 6.34. The fourth-order valence-corrected chi connectivity index (χ4v) is 4.76. The lowest BCUT2D eigenvalue weighted by molar-refractivity contribution is -0.134. The van der Waals surface area contributed by atoms with E-state index in [0.29, 0.717) is 6.61 Å². The van der Waals surface area contributed by atoms with Gasteiger partial charge in [0.25, 0.3) is 0 Å². The van der Waals surface area contributed by atoms with Gasteiger partial charge in [-0.15, -0.1) is 0 Å². The monoisotopic (exact) mass is 306 g/mol. The molecule has 1 saturated carbocycles. The van der Waals surface area contributed by atoms with E-state index in [1.165, 1.54) is 17.7 Å². The van der Waals surface area contributed by atoms with Crippen molar-refractivity contribution >= 4 is 11.8 Å². The van der Waals surface area contributed by atoms with E-state index < -0.39 is 0 Å². The molecule has 2 aliphatic rings. The predicted octanol–water partition coefficient (Wildman–Crippen LogP) is 4.14. The van der Waals surface area contributed by atoms with Gasteiger partial charge in [0, 0.05) is 0 Å². The molecule has 1 aromatic rings. The fraction of sp³-hybridized carbons (Fsp3) is 0.667. The molecule has 0 spiro atoms. The van der Waals surface area contributed by atoms with Crippen LogP contribution in [0.5, 0.6) is 0 Å². The molecule has 0 amide bonds. The summed E-state index contributed by atoms with van der Waals surface area (Å²) in [6, 6.07) is 10.5. The number of fused-ring (bicyclic) bond motifs is 2. The Morgan fingerprint density at radius 1 is 1.33 bits per heavy atom. The summed E-state index contributed by atoms with van der Waals surface area (Å²) in [5.41, 5.74) is 1.24. The molecule has 1 aromatic carbocycles. The van der Waals surface area contributed by atoms with Crippen LogP contribution in [0.25, 0.3) is 0 Å². The highest BCUT2D eigenvalue weighted by Gasteiger charge is 2.52. The van der Waals surface area contributed by atoms with Crippen molar-refractivity contribution in [1.82, 2.24) is 0 Å². The van der Waals surface area contributed by atoms with Crippen molar-refractivity contribution in [1.29, 1.82) is 0 Å². The van der Waals surface area contributed by atoms with Crippen LogP contribution in [0.1, 0.15) is 31.7 Å². The predicted molar refractivity (Wildman–Crippen MR) is 88.6 cm³/mol. The molecule has 0 radical (unpaired) electrons. The van der Waals surface area contributed by atoms with Crippen LogP contribution in [0.15, 0.2) is 30.3 Å². The average molecular weight is 306 g/mol. The van der Waals surface area contributed by atoms with Crippen molar-refractivity contribution in [2.75, 3.05) is 18.6 Å². The van der Waals surface area contributed by atoms with Crippen LogP contribution in [-0.4, -0.2) is 30.3 Å². The summed E-state index contributed by atoms with van der Waals surface area (Å²) in [6.07, 6.45) is 5.87. The van der Waals surface area contributed by atoms with E-state index >= 15 is 0 Å². The Morgan fingerprint density at radius 3 is 2.86 bits per heavy atom. The maximum Gasteiger partial charge on any atom is 0.0944 e. The topological polar surface area (TPSA) is 18.5 Å². The molecule has 2 bridgehead atoms. The van der Waals surface area contributed by atoms with Crippen LogP contribution in [-0.2, 0) is 16.1 Å². The van der Waals surface area contributed by atoms with Gasteiger partial charge in [0.2, 0.25) is 0 Å². The van der Waals surface area contributed by atoms with Gasteiger partial charge in [-0.25, -0.2) is 0 Å². The second-order valence-electron chi connectivity index (χ2n) is 6.43. The number of ether oxygens (including phenoxy) is 2. The molecule has 21 heavy (non-hydrogen) atoms. The molecule has 1 aliphatic carbocycles. The molecule has 116 valence electrons. The first-order valence-electron chi connectivity index (χ1n) is 8.06. The first-order chi connectivity index (χ1) is 10.3. The Bertz CT molecular complexity index is 450. The largest absolute Gasteiger partial charge is 0.372 e. The zero-order valence-electron chi connectivity index (χ0n) is 13.1. The second kappa shape index (κ2) is 6.72. The third-order valence-corrected chi connectivity index (χ3v) is 6.00. The molecular weight excluding hydrogens is 280 g/mol. The molecule has 2 fully saturated rings. The molecule has 1 saturated heterocycles. The van der Waals surface area contributed by atoms with Crippen LogP contribution < -0.4 is 0 Å². The minimum atomic E-state index is -0.0195. The Balaban J connectivity index is 1.68. The van der Waals surface area contributed by atoms with E-state index in [0.717, 1.165) is 31.3 Å². The molecule has 4 atom stereocenters. The normalized spacial score (nSPS) is 35.0. The number of hydrogen-bond acceptors (Lipinski definition) is 3. The first kappa shape index (κ1) is 15.4. The second-order valence-corrected chi connectivity index (χ2v) is 7.34. The van der Waals surface area contributed by atoms with Gasteiger partial charge in [0.15, 0.2) is 0 Å². The maximum absolute atomic E-state index is 6.34. The Kier molecular flexibility index (Phi) is 4.92. The van der Waals surface area contributed by atoms with Gasteiger partial charge in [-0.1, -0.05) is 37.3 Å².